The molecule has 0 radical (unpaired) electrons. The molecular formula is C65H44N4. The highest BCUT2D eigenvalue weighted by molar-refractivity contribution is 6.13. The van der Waals surface area contributed by atoms with E-state index in [0.717, 1.165) is 61.8 Å². The third kappa shape index (κ3) is 7.18. The zero-order valence-electron chi connectivity index (χ0n) is 38.0. The van der Waals surface area contributed by atoms with Gasteiger partial charge in [0.15, 0.2) is 0 Å². The molecule has 13 aromatic rings. The first-order valence-electron chi connectivity index (χ1n) is 23.6. The summed E-state index contributed by atoms with van der Waals surface area (Å²) >= 11 is 0. The van der Waals surface area contributed by atoms with E-state index in [0.29, 0.717) is 0 Å². The zero-order chi connectivity index (χ0) is 45.8. The first kappa shape index (κ1) is 40.2. The van der Waals surface area contributed by atoms with Crippen molar-refractivity contribution in [1.82, 2.24) is 19.1 Å². The molecule has 0 unspecified atom stereocenters. The maximum Gasteiger partial charge on any atom is 0.140 e. The lowest BCUT2D eigenvalue weighted by molar-refractivity contribution is 1.01. The van der Waals surface area contributed by atoms with Crippen LogP contribution in [0.4, 0.5) is 0 Å². The van der Waals surface area contributed by atoms with Crippen molar-refractivity contribution in [3.05, 3.63) is 254 Å². The molecule has 0 saturated carbocycles. The number of benzene rings is 9. The van der Waals surface area contributed by atoms with E-state index in [9.17, 15) is 0 Å². The highest BCUT2D eigenvalue weighted by Crippen LogP contribution is 2.41. The SMILES string of the molecule is Cc1cccc(-c2cccc(-c3cc(-n4c5ccc(-c6ccccc6)cc5c5cc(-c6ccccc6)ccc54)nc(-n4c5ccc(-c6ccccc6)cc5c5cc(-c6ccccc6)ccc54)c3)c2)n1. The van der Waals surface area contributed by atoms with Gasteiger partial charge in [-0.25, -0.2) is 4.98 Å². The number of aromatic nitrogens is 4. The van der Waals surface area contributed by atoms with E-state index in [-0.39, 0.29) is 0 Å². The van der Waals surface area contributed by atoms with E-state index >= 15 is 0 Å². The summed E-state index contributed by atoms with van der Waals surface area (Å²) in [7, 11) is 0. The molecule has 4 heterocycles. The van der Waals surface area contributed by atoms with Crippen LogP contribution in [0.25, 0.3) is 122 Å². The number of rotatable bonds is 8. The summed E-state index contributed by atoms with van der Waals surface area (Å²) in [5.74, 6) is 1.66. The molecule has 0 aliphatic carbocycles. The summed E-state index contributed by atoms with van der Waals surface area (Å²) < 4.78 is 4.73. The van der Waals surface area contributed by atoms with Gasteiger partial charge < -0.3 is 0 Å². The molecule has 0 spiro atoms. The first-order chi connectivity index (χ1) is 34.1. The maximum atomic E-state index is 5.77. The fourth-order valence-electron chi connectivity index (χ4n) is 10.2. The Kier molecular flexibility index (Phi) is 9.69. The molecule has 0 aliphatic rings. The van der Waals surface area contributed by atoms with Gasteiger partial charge in [0.25, 0.3) is 0 Å². The number of aryl methyl sites for hydroxylation is 1. The van der Waals surface area contributed by atoms with Crippen LogP contribution in [-0.4, -0.2) is 19.1 Å². The largest absolute Gasteiger partial charge is 0.294 e. The lowest BCUT2D eigenvalue weighted by Gasteiger charge is -2.15. The van der Waals surface area contributed by atoms with Gasteiger partial charge in [-0.15, -0.1) is 0 Å². The lowest BCUT2D eigenvalue weighted by atomic mass is 10.0. The van der Waals surface area contributed by atoms with Crippen LogP contribution in [0.3, 0.4) is 0 Å². The number of fused-ring (bicyclic) bond motifs is 6. The third-order valence-corrected chi connectivity index (χ3v) is 13.6. The molecular weight excluding hydrogens is 837 g/mol. The van der Waals surface area contributed by atoms with Crippen LogP contribution in [0.2, 0.25) is 0 Å². The minimum atomic E-state index is 0.832. The summed E-state index contributed by atoms with van der Waals surface area (Å²) in [4.78, 5) is 10.7. The van der Waals surface area contributed by atoms with Gasteiger partial charge in [0.05, 0.1) is 27.8 Å². The molecule has 4 heteroatoms. The van der Waals surface area contributed by atoms with Crippen molar-refractivity contribution in [3.8, 4) is 78.5 Å². The van der Waals surface area contributed by atoms with Crippen molar-refractivity contribution >= 4 is 43.6 Å². The van der Waals surface area contributed by atoms with Gasteiger partial charge in [-0.1, -0.05) is 170 Å². The average Bonchev–Trinajstić information content (AvgIpc) is 3.93. The second-order valence-corrected chi connectivity index (χ2v) is 17.9. The molecule has 0 atom stereocenters. The monoisotopic (exact) mass is 880 g/mol. The van der Waals surface area contributed by atoms with Gasteiger partial charge in [-0.3, -0.25) is 14.1 Å². The lowest BCUT2D eigenvalue weighted by Crippen LogP contribution is -2.04. The van der Waals surface area contributed by atoms with Crippen molar-refractivity contribution in [2.75, 3.05) is 0 Å². The van der Waals surface area contributed by atoms with Crippen molar-refractivity contribution in [3.63, 3.8) is 0 Å². The average molecular weight is 881 g/mol. The molecule has 0 fully saturated rings. The smallest absolute Gasteiger partial charge is 0.140 e. The molecule has 0 bridgehead atoms. The number of pyridine rings is 2. The summed E-state index contributed by atoms with van der Waals surface area (Å²) in [6.45, 7) is 2.05. The van der Waals surface area contributed by atoms with Gasteiger partial charge in [-0.2, -0.15) is 0 Å². The summed E-state index contributed by atoms with van der Waals surface area (Å²) in [6, 6.07) is 89.6. The molecule has 4 aromatic heterocycles. The van der Waals surface area contributed by atoms with Crippen molar-refractivity contribution in [1.29, 1.82) is 0 Å². The number of nitrogens with zero attached hydrogens (tertiary/aromatic N) is 4. The van der Waals surface area contributed by atoms with Crippen LogP contribution in [-0.2, 0) is 0 Å². The van der Waals surface area contributed by atoms with Crippen molar-refractivity contribution in [2.45, 2.75) is 6.92 Å². The second kappa shape index (κ2) is 16.6. The van der Waals surface area contributed by atoms with Crippen LogP contribution < -0.4 is 0 Å². The van der Waals surface area contributed by atoms with Crippen LogP contribution >= 0.6 is 0 Å². The van der Waals surface area contributed by atoms with E-state index in [2.05, 4.69) is 252 Å². The van der Waals surface area contributed by atoms with Crippen molar-refractivity contribution in [2.24, 2.45) is 0 Å². The Balaban J connectivity index is 1.10. The number of hydrogen-bond donors (Lipinski definition) is 0. The topological polar surface area (TPSA) is 35.6 Å². The molecule has 324 valence electrons. The fraction of sp³-hybridized carbons (Fsp3) is 0.0154. The van der Waals surface area contributed by atoms with E-state index in [1.54, 1.807) is 0 Å². The molecule has 0 N–H and O–H groups in total. The van der Waals surface area contributed by atoms with Crippen LogP contribution in [0, 0.1) is 6.92 Å². The minimum absolute atomic E-state index is 0.832. The summed E-state index contributed by atoms with van der Waals surface area (Å²) in [5, 5.41) is 4.68. The van der Waals surface area contributed by atoms with Gasteiger partial charge in [-0.05, 0) is 141 Å². The molecule has 0 saturated heterocycles. The van der Waals surface area contributed by atoms with Crippen LogP contribution in [0.15, 0.2) is 249 Å². The maximum absolute atomic E-state index is 5.77. The minimum Gasteiger partial charge on any atom is -0.294 e. The zero-order valence-corrected chi connectivity index (χ0v) is 38.0. The molecule has 13 rings (SSSR count). The number of hydrogen-bond acceptors (Lipinski definition) is 2. The standard InChI is InChI=1S/C65H44N4/c1-43-16-14-27-59(66-43)53-26-15-25-48(36-53)54-41-64(68-60-32-28-49(44-17-6-2-7-18-44)37-55(60)56-38-50(29-33-61(56)68)45-19-8-3-9-20-45)67-65(42-54)69-62-34-30-51(46-21-10-4-11-22-46)39-57(62)58-40-52(31-35-63(58)69)47-23-12-5-13-24-47/h2-42H,1H3. The normalized spacial score (nSPS) is 11.6. The second-order valence-electron chi connectivity index (χ2n) is 17.9. The van der Waals surface area contributed by atoms with E-state index < -0.39 is 0 Å². The van der Waals surface area contributed by atoms with E-state index in [1.165, 1.54) is 66.1 Å². The van der Waals surface area contributed by atoms with E-state index in [4.69, 9.17) is 9.97 Å². The quantitative estimate of drug-likeness (QED) is 0.152. The van der Waals surface area contributed by atoms with Gasteiger partial charge in [0.2, 0.25) is 0 Å². The Labute approximate surface area is 400 Å². The molecule has 0 aliphatic heterocycles. The van der Waals surface area contributed by atoms with E-state index in [1.807, 2.05) is 13.0 Å². The highest BCUT2D eigenvalue weighted by atomic mass is 15.1. The summed E-state index contributed by atoms with van der Waals surface area (Å²) in [6.07, 6.45) is 0. The first-order valence-corrected chi connectivity index (χ1v) is 23.6. The molecule has 0 amide bonds. The van der Waals surface area contributed by atoms with Crippen LogP contribution in [0.1, 0.15) is 5.69 Å². The molecule has 69 heavy (non-hydrogen) atoms. The van der Waals surface area contributed by atoms with Gasteiger partial charge in [0.1, 0.15) is 11.6 Å². The fourth-order valence-corrected chi connectivity index (χ4v) is 10.2. The Morgan fingerprint density at radius 3 is 0.957 bits per heavy atom. The Hall–Kier alpha value is -9.12. The predicted molar refractivity (Wildman–Crippen MR) is 288 cm³/mol. The van der Waals surface area contributed by atoms with Crippen molar-refractivity contribution < 1.29 is 0 Å². The van der Waals surface area contributed by atoms with Crippen LogP contribution in [0.5, 0.6) is 0 Å². The molecule has 4 nitrogen and oxygen atoms in total. The Morgan fingerprint density at radius 2 is 0.580 bits per heavy atom. The predicted octanol–water partition coefficient (Wildman–Crippen LogP) is 17.0. The Bertz CT molecular complexity index is 3640. The summed E-state index contributed by atoms with van der Waals surface area (Å²) in [5.41, 5.74) is 18.9. The van der Waals surface area contributed by atoms with Gasteiger partial charge >= 0.3 is 0 Å². The highest BCUT2D eigenvalue weighted by Gasteiger charge is 2.21. The molecule has 9 aromatic carbocycles. The Morgan fingerprint density at radius 1 is 0.246 bits per heavy atom. The third-order valence-electron chi connectivity index (χ3n) is 13.6. The van der Waals surface area contributed by atoms with Gasteiger partial charge in [0, 0.05) is 32.8 Å².